The van der Waals surface area contributed by atoms with Gasteiger partial charge in [-0.1, -0.05) is 6.07 Å². The van der Waals surface area contributed by atoms with Crippen LogP contribution in [0.15, 0.2) is 34.3 Å². The number of benzene rings is 1. The zero-order valence-corrected chi connectivity index (χ0v) is 9.88. The fourth-order valence-corrected chi connectivity index (χ4v) is 1.03. The molecule has 16 heavy (non-hydrogen) atoms. The van der Waals surface area contributed by atoms with Crippen LogP contribution >= 0.6 is 24.4 Å². The third-order valence-corrected chi connectivity index (χ3v) is 1.78. The fraction of sp³-hybridized carbons (Fsp3) is 0.200. The summed E-state index contributed by atoms with van der Waals surface area (Å²) in [6.45, 7) is 0.288. The first-order valence-corrected chi connectivity index (χ1v) is 5.11. The standard InChI is InChI=1S/C10H8N2O2S2/c15-7-11-5-13-9-2-1-3-10(4-9)14-6-12-8-16/h1-4H,5-6H2. The van der Waals surface area contributed by atoms with E-state index in [9.17, 15) is 0 Å². The molecule has 4 nitrogen and oxygen atoms in total. The smallest absolute Gasteiger partial charge is 0.188 e. The van der Waals surface area contributed by atoms with Gasteiger partial charge in [-0.05, 0) is 36.6 Å². The molecule has 0 radical (unpaired) electrons. The van der Waals surface area contributed by atoms with Crippen LogP contribution in [0.4, 0.5) is 0 Å². The maximum absolute atomic E-state index is 5.25. The van der Waals surface area contributed by atoms with Crippen LogP contribution in [0.2, 0.25) is 0 Å². The van der Waals surface area contributed by atoms with E-state index in [1.807, 2.05) is 0 Å². The molecule has 1 aromatic rings. The summed E-state index contributed by atoms with van der Waals surface area (Å²) in [6.07, 6.45) is 0. The number of aliphatic imine (C=N–C) groups is 2. The molecule has 0 aliphatic carbocycles. The summed E-state index contributed by atoms with van der Waals surface area (Å²) in [6, 6.07) is 7.09. The molecule has 0 saturated heterocycles. The average molecular weight is 252 g/mol. The van der Waals surface area contributed by atoms with E-state index in [-0.39, 0.29) is 13.5 Å². The maximum atomic E-state index is 5.25. The molecule has 1 rings (SSSR count). The summed E-state index contributed by atoms with van der Waals surface area (Å²) >= 11 is 8.83. The lowest BCUT2D eigenvalue weighted by Gasteiger charge is -2.05. The summed E-state index contributed by atoms with van der Waals surface area (Å²) in [4.78, 5) is 7.26. The summed E-state index contributed by atoms with van der Waals surface area (Å²) in [7, 11) is 0. The highest BCUT2D eigenvalue weighted by Gasteiger charge is 1.96. The quantitative estimate of drug-likeness (QED) is 0.576. The second-order valence-electron chi connectivity index (χ2n) is 2.52. The molecule has 0 aliphatic rings. The number of hydrogen-bond acceptors (Lipinski definition) is 6. The van der Waals surface area contributed by atoms with E-state index in [4.69, 9.17) is 9.47 Å². The predicted octanol–water partition coefficient (Wildman–Crippen LogP) is 2.56. The minimum Gasteiger partial charge on any atom is -0.470 e. The van der Waals surface area contributed by atoms with Gasteiger partial charge in [-0.3, -0.25) is 0 Å². The molecule has 1 aromatic carbocycles. The number of isothiocyanates is 2. The van der Waals surface area contributed by atoms with E-state index in [0.29, 0.717) is 11.5 Å². The van der Waals surface area contributed by atoms with Gasteiger partial charge in [0.1, 0.15) is 11.5 Å². The largest absolute Gasteiger partial charge is 0.470 e. The van der Waals surface area contributed by atoms with Gasteiger partial charge in [0.2, 0.25) is 0 Å². The Bertz CT molecular complexity index is 401. The highest BCUT2D eigenvalue weighted by Crippen LogP contribution is 2.19. The molecule has 0 heterocycles. The van der Waals surface area contributed by atoms with Crippen LogP contribution in [-0.4, -0.2) is 23.8 Å². The second-order valence-corrected chi connectivity index (χ2v) is 2.89. The van der Waals surface area contributed by atoms with E-state index in [2.05, 4.69) is 44.7 Å². The first-order valence-electron chi connectivity index (χ1n) is 4.29. The minimum absolute atomic E-state index is 0.144. The number of ether oxygens (including phenoxy) is 2. The molecule has 0 unspecified atom stereocenters. The van der Waals surface area contributed by atoms with E-state index in [1.54, 1.807) is 24.3 Å². The van der Waals surface area contributed by atoms with E-state index >= 15 is 0 Å². The molecule has 6 heteroatoms. The van der Waals surface area contributed by atoms with Gasteiger partial charge < -0.3 is 9.47 Å². The van der Waals surface area contributed by atoms with Gasteiger partial charge in [0.05, 0.1) is 10.3 Å². The summed E-state index contributed by atoms with van der Waals surface area (Å²) < 4.78 is 10.5. The Labute approximate surface area is 104 Å². The third-order valence-electron chi connectivity index (χ3n) is 1.53. The zero-order chi connectivity index (χ0) is 11.6. The molecule has 0 saturated carbocycles. The lowest BCUT2D eigenvalue weighted by atomic mass is 10.3. The van der Waals surface area contributed by atoms with Gasteiger partial charge in [0.15, 0.2) is 13.5 Å². The van der Waals surface area contributed by atoms with Crippen molar-refractivity contribution in [1.82, 2.24) is 0 Å². The van der Waals surface area contributed by atoms with Crippen molar-refractivity contribution in [3.05, 3.63) is 24.3 Å². The van der Waals surface area contributed by atoms with Crippen LogP contribution in [0.3, 0.4) is 0 Å². The zero-order valence-electron chi connectivity index (χ0n) is 8.25. The predicted molar refractivity (Wildman–Crippen MR) is 67.5 cm³/mol. The van der Waals surface area contributed by atoms with Crippen molar-refractivity contribution >= 4 is 34.8 Å². The van der Waals surface area contributed by atoms with Crippen molar-refractivity contribution < 1.29 is 9.47 Å². The Hall–Kier alpha value is -1.58. The lowest BCUT2D eigenvalue weighted by Crippen LogP contribution is -1.96. The van der Waals surface area contributed by atoms with Crippen molar-refractivity contribution in [3.63, 3.8) is 0 Å². The molecule has 82 valence electrons. The van der Waals surface area contributed by atoms with Crippen molar-refractivity contribution in [2.24, 2.45) is 9.98 Å². The van der Waals surface area contributed by atoms with Crippen LogP contribution in [0.5, 0.6) is 11.5 Å². The normalized spacial score (nSPS) is 8.50. The monoisotopic (exact) mass is 252 g/mol. The minimum atomic E-state index is 0.144. The maximum Gasteiger partial charge on any atom is 0.188 e. The van der Waals surface area contributed by atoms with Crippen LogP contribution in [-0.2, 0) is 0 Å². The molecule has 0 N–H and O–H groups in total. The molecular formula is C10H8N2O2S2. The molecule has 0 spiro atoms. The summed E-state index contributed by atoms with van der Waals surface area (Å²) in [5, 5.41) is 4.42. The Morgan fingerprint density at radius 3 is 1.94 bits per heavy atom. The number of hydrogen-bond donors (Lipinski definition) is 0. The van der Waals surface area contributed by atoms with Crippen molar-refractivity contribution in [2.75, 3.05) is 13.5 Å². The van der Waals surface area contributed by atoms with Gasteiger partial charge in [-0.25, -0.2) is 0 Å². The molecular weight excluding hydrogens is 244 g/mol. The molecule has 0 aliphatic heterocycles. The van der Waals surface area contributed by atoms with Gasteiger partial charge in [-0.2, -0.15) is 9.98 Å². The van der Waals surface area contributed by atoms with Gasteiger partial charge in [0, 0.05) is 6.07 Å². The van der Waals surface area contributed by atoms with Crippen molar-refractivity contribution in [1.29, 1.82) is 0 Å². The van der Waals surface area contributed by atoms with Gasteiger partial charge >= 0.3 is 0 Å². The molecule has 0 amide bonds. The van der Waals surface area contributed by atoms with E-state index < -0.39 is 0 Å². The highest BCUT2D eigenvalue weighted by atomic mass is 32.1. The lowest BCUT2D eigenvalue weighted by molar-refractivity contribution is 0.316. The SMILES string of the molecule is S=C=NCOc1cccc(OCN=C=S)c1. The Morgan fingerprint density at radius 2 is 1.50 bits per heavy atom. The van der Waals surface area contributed by atoms with Crippen LogP contribution in [0, 0.1) is 0 Å². The molecule has 0 atom stereocenters. The van der Waals surface area contributed by atoms with E-state index in [1.165, 1.54) is 0 Å². The van der Waals surface area contributed by atoms with Gasteiger partial charge in [0.25, 0.3) is 0 Å². The van der Waals surface area contributed by atoms with Crippen LogP contribution in [0.1, 0.15) is 0 Å². The first-order chi connectivity index (χ1) is 7.86. The summed E-state index contributed by atoms with van der Waals surface area (Å²) in [5.74, 6) is 1.27. The Morgan fingerprint density at radius 1 is 1.00 bits per heavy atom. The number of thiocarbonyl (C=S) groups is 2. The molecule has 0 fully saturated rings. The average Bonchev–Trinajstić information content (AvgIpc) is 2.30. The van der Waals surface area contributed by atoms with Crippen LogP contribution in [0.25, 0.3) is 0 Å². The molecule has 0 aromatic heterocycles. The third kappa shape index (κ3) is 4.77. The first kappa shape index (κ1) is 12.5. The van der Waals surface area contributed by atoms with Gasteiger partial charge in [-0.15, -0.1) is 0 Å². The fourth-order valence-electron chi connectivity index (χ4n) is 0.920. The topological polar surface area (TPSA) is 43.2 Å². The highest BCUT2D eigenvalue weighted by molar-refractivity contribution is 7.78. The molecule has 0 bridgehead atoms. The van der Waals surface area contributed by atoms with Crippen LogP contribution < -0.4 is 9.47 Å². The van der Waals surface area contributed by atoms with E-state index in [0.717, 1.165) is 0 Å². The second kappa shape index (κ2) is 7.68. The Balaban J connectivity index is 2.55. The number of nitrogens with zero attached hydrogens (tertiary/aromatic N) is 2. The Kier molecular flexibility index (Phi) is 5.99. The number of rotatable bonds is 6. The van der Waals surface area contributed by atoms with Crippen molar-refractivity contribution in [3.8, 4) is 11.5 Å². The van der Waals surface area contributed by atoms with Crippen molar-refractivity contribution in [2.45, 2.75) is 0 Å². The summed E-state index contributed by atoms with van der Waals surface area (Å²) in [5.41, 5.74) is 0.